The summed E-state index contributed by atoms with van der Waals surface area (Å²) in [6.07, 6.45) is 2.68. The van der Waals surface area contributed by atoms with Crippen LogP contribution < -0.4 is 10.6 Å². The molecule has 2 aromatic rings. The van der Waals surface area contributed by atoms with Crippen LogP contribution in [-0.2, 0) is 4.79 Å². The fraction of sp³-hybridized carbons (Fsp3) is 0.300. The zero-order chi connectivity index (χ0) is 18.5. The summed E-state index contributed by atoms with van der Waals surface area (Å²) in [7, 11) is 4.12. The van der Waals surface area contributed by atoms with Crippen LogP contribution in [0.15, 0.2) is 47.5 Å². The molecule has 0 bridgehead atoms. The summed E-state index contributed by atoms with van der Waals surface area (Å²) in [5.41, 5.74) is 3.08. The molecule has 0 fully saturated rings. The zero-order valence-corrected chi connectivity index (χ0v) is 15.0. The van der Waals surface area contributed by atoms with E-state index in [-0.39, 0.29) is 11.7 Å². The predicted octanol–water partition coefficient (Wildman–Crippen LogP) is 3.63. The van der Waals surface area contributed by atoms with Gasteiger partial charge in [-0.1, -0.05) is 6.07 Å². The van der Waals surface area contributed by atoms with Gasteiger partial charge in [0.2, 0.25) is 5.91 Å². The number of fused-ring (bicyclic) bond motifs is 1. The van der Waals surface area contributed by atoms with Crippen molar-refractivity contribution in [2.24, 2.45) is 4.99 Å². The highest BCUT2D eigenvalue weighted by atomic mass is 19.1. The first-order valence-electron chi connectivity index (χ1n) is 8.66. The number of nitrogens with one attached hydrogen (secondary N) is 2. The molecular weight excluding hydrogens is 331 g/mol. The summed E-state index contributed by atoms with van der Waals surface area (Å²) in [4.78, 5) is 18.6. The molecule has 1 atom stereocenters. The number of benzene rings is 2. The van der Waals surface area contributed by atoms with Gasteiger partial charge in [0.25, 0.3) is 0 Å². The van der Waals surface area contributed by atoms with E-state index in [0.29, 0.717) is 5.69 Å². The van der Waals surface area contributed by atoms with Gasteiger partial charge in [0.05, 0.1) is 5.69 Å². The van der Waals surface area contributed by atoms with Gasteiger partial charge in [-0.15, -0.1) is 0 Å². The zero-order valence-electron chi connectivity index (χ0n) is 15.0. The molecule has 1 aliphatic rings. The van der Waals surface area contributed by atoms with Crippen LogP contribution in [-0.4, -0.2) is 44.2 Å². The topological polar surface area (TPSA) is 56.7 Å². The standard InChI is InChI=1S/C20H23FN4O/c1-25(2)11-3-10-22-15-5-7-16(8-6-15)23-13-18-17-9-4-14(21)12-19(17)24-20(18)26/h4-9,12-13,18,22H,3,10-11H2,1-2H3,(H,24,26). The summed E-state index contributed by atoms with van der Waals surface area (Å²) >= 11 is 0. The second-order valence-electron chi connectivity index (χ2n) is 6.61. The van der Waals surface area contributed by atoms with Gasteiger partial charge in [-0.2, -0.15) is 0 Å². The van der Waals surface area contributed by atoms with E-state index in [1.807, 2.05) is 24.3 Å². The number of nitrogens with zero attached hydrogens (tertiary/aromatic N) is 2. The summed E-state index contributed by atoms with van der Waals surface area (Å²) in [5, 5.41) is 6.06. The van der Waals surface area contributed by atoms with Gasteiger partial charge in [0.1, 0.15) is 11.7 Å². The van der Waals surface area contributed by atoms with Crippen molar-refractivity contribution in [1.29, 1.82) is 0 Å². The SMILES string of the molecule is CN(C)CCCNc1ccc(N=CC2C(=O)Nc3cc(F)ccc32)cc1. The summed E-state index contributed by atoms with van der Waals surface area (Å²) < 4.78 is 13.3. The van der Waals surface area contributed by atoms with Crippen LogP contribution in [0.1, 0.15) is 17.9 Å². The number of rotatable bonds is 7. The Balaban J connectivity index is 1.60. The molecule has 0 saturated carbocycles. The first-order valence-corrected chi connectivity index (χ1v) is 8.66. The summed E-state index contributed by atoms with van der Waals surface area (Å²) in [6.45, 7) is 1.96. The first kappa shape index (κ1) is 18.1. The Morgan fingerprint density at radius 2 is 2.00 bits per heavy atom. The average Bonchev–Trinajstić information content (AvgIpc) is 2.92. The van der Waals surface area contributed by atoms with Gasteiger partial charge in [0, 0.05) is 24.1 Å². The second kappa shape index (κ2) is 8.10. The quantitative estimate of drug-likeness (QED) is 0.590. The van der Waals surface area contributed by atoms with Gasteiger partial charge in [-0.05, 0) is 69.0 Å². The smallest absolute Gasteiger partial charge is 0.237 e. The lowest BCUT2D eigenvalue weighted by atomic mass is 10.0. The highest BCUT2D eigenvalue weighted by Gasteiger charge is 2.29. The lowest BCUT2D eigenvalue weighted by Gasteiger charge is -2.10. The Labute approximate surface area is 152 Å². The minimum atomic E-state index is -0.491. The number of carbonyl (C=O) groups excluding carboxylic acids is 1. The largest absolute Gasteiger partial charge is 0.385 e. The molecule has 136 valence electrons. The molecule has 0 radical (unpaired) electrons. The molecule has 0 spiro atoms. The van der Waals surface area contributed by atoms with Gasteiger partial charge in [-0.25, -0.2) is 4.39 Å². The van der Waals surface area contributed by atoms with E-state index in [4.69, 9.17) is 0 Å². The molecule has 2 aromatic carbocycles. The molecular formula is C20H23FN4O. The number of anilines is 2. The Bertz CT molecular complexity index is 802. The van der Waals surface area contributed by atoms with E-state index in [0.717, 1.165) is 36.4 Å². The van der Waals surface area contributed by atoms with Gasteiger partial charge in [-0.3, -0.25) is 9.79 Å². The van der Waals surface area contributed by atoms with Crippen LogP contribution in [0, 0.1) is 5.82 Å². The fourth-order valence-corrected chi connectivity index (χ4v) is 2.86. The normalized spacial score (nSPS) is 16.2. The number of halogens is 1. The molecule has 6 heteroatoms. The molecule has 0 aromatic heterocycles. The predicted molar refractivity (Wildman–Crippen MR) is 104 cm³/mol. The van der Waals surface area contributed by atoms with Gasteiger partial charge in [0.15, 0.2) is 0 Å². The van der Waals surface area contributed by atoms with Crippen LogP contribution in [0.3, 0.4) is 0 Å². The van der Waals surface area contributed by atoms with Gasteiger partial charge >= 0.3 is 0 Å². The number of hydrogen-bond donors (Lipinski definition) is 2. The molecule has 3 rings (SSSR count). The van der Waals surface area contributed by atoms with Crippen molar-refractivity contribution in [2.45, 2.75) is 12.3 Å². The average molecular weight is 354 g/mol. The minimum Gasteiger partial charge on any atom is -0.385 e. The number of aliphatic imine (C=N–C) groups is 1. The third-order valence-corrected chi connectivity index (χ3v) is 4.24. The maximum absolute atomic E-state index is 13.3. The molecule has 0 aliphatic carbocycles. The molecule has 2 N–H and O–H groups in total. The van der Waals surface area contributed by atoms with Crippen LogP contribution in [0.2, 0.25) is 0 Å². The van der Waals surface area contributed by atoms with Crippen LogP contribution >= 0.6 is 0 Å². The van der Waals surface area contributed by atoms with Gasteiger partial charge < -0.3 is 15.5 Å². The lowest BCUT2D eigenvalue weighted by Crippen LogP contribution is -2.16. The molecule has 5 nitrogen and oxygen atoms in total. The molecule has 1 heterocycles. The number of amides is 1. The summed E-state index contributed by atoms with van der Waals surface area (Å²) in [5.74, 6) is -1.04. The fourth-order valence-electron chi connectivity index (χ4n) is 2.86. The van der Waals surface area contributed by atoms with Crippen molar-refractivity contribution in [1.82, 2.24) is 4.90 Å². The highest BCUT2D eigenvalue weighted by Crippen LogP contribution is 2.32. The Hall–Kier alpha value is -2.73. The van der Waals surface area contributed by atoms with Crippen molar-refractivity contribution in [3.05, 3.63) is 53.8 Å². The maximum Gasteiger partial charge on any atom is 0.237 e. The van der Waals surface area contributed by atoms with Crippen molar-refractivity contribution in [2.75, 3.05) is 37.8 Å². The van der Waals surface area contributed by atoms with E-state index in [1.165, 1.54) is 12.1 Å². The van der Waals surface area contributed by atoms with E-state index in [9.17, 15) is 9.18 Å². The van der Waals surface area contributed by atoms with Crippen LogP contribution in [0.25, 0.3) is 0 Å². The first-order chi connectivity index (χ1) is 12.5. The summed E-state index contributed by atoms with van der Waals surface area (Å²) in [6, 6.07) is 12.1. The third kappa shape index (κ3) is 4.46. The van der Waals surface area contributed by atoms with E-state index < -0.39 is 5.92 Å². The van der Waals surface area contributed by atoms with Crippen LogP contribution in [0.5, 0.6) is 0 Å². The molecule has 1 amide bonds. The Morgan fingerprint density at radius 3 is 2.73 bits per heavy atom. The molecule has 1 unspecified atom stereocenters. The van der Waals surface area contributed by atoms with Crippen LogP contribution in [0.4, 0.5) is 21.5 Å². The van der Waals surface area contributed by atoms with Crippen molar-refractivity contribution >= 4 is 29.2 Å². The highest BCUT2D eigenvalue weighted by molar-refractivity contribution is 6.12. The Kier molecular flexibility index (Phi) is 5.63. The molecule has 1 aliphatic heterocycles. The Morgan fingerprint density at radius 1 is 1.23 bits per heavy atom. The van der Waals surface area contributed by atoms with Crippen molar-refractivity contribution in [3.8, 4) is 0 Å². The molecule has 26 heavy (non-hydrogen) atoms. The molecule has 0 saturated heterocycles. The third-order valence-electron chi connectivity index (χ3n) is 4.24. The second-order valence-corrected chi connectivity index (χ2v) is 6.61. The number of carbonyl (C=O) groups is 1. The van der Waals surface area contributed by atoms with E-state index in [1.54, 1.807) is 12.3 Å². The van der Waals surface area contributed by atoms with E-state index in [2.05, 4.69) is 34.6 Å². The van der Waals surface area contributed by atoms with E-state index >= 15 is 0 Å². The number of hydrogen-bond acceptors (Lipinski definition) is 4. The maximum atomic E-state index is 13.3. The monoisotopic (exact) mass is 354 g/mol. The minimum absolute atomic E-state index is 0.187. The lowest BCUT2D eigenvalue weighted by molar-refractivity contribution is -0.115. The van der Waals surface area contributed by atoms with Crippen molar-refractivity contribution < 1.29 is 9.18 Å². The van der Waals surface area contributed by atoms with Crippen molar-refractivity contribution in [3.63, 3.8) is 0 Å².